The molecule has 0 unspecified atom stereocenters. The van der Waals surface area contributed by atoms with E-state index in [1.807, 2.05) is 0 Å². The molecule has 2 aliphatic carbocycles. The van der Waals surface area contributed by atoms with Gasteiger partial charge in [-0.15, -0.1) is 0 Å². The van der Waals surface area contributed by atoms with Gasteiger partial charge in [-0.1, -0.05) is 182 Å². The standard InChI is InChI=1S/C62H39N/c1-38-16-14-17-41(34-38)63-58-31-13-9-25-51(58)61-52(39-32-33-47-45-20-3-2-18-43(45)44-19-4-5-21-46(44)53(47)35-39)36-40(37-59(61)63)42-26-15-30-57-60(42)50-24-8-12-29-56(50)62(57)54-27-10-6-22-48(54)49-23-7-11-28-55(49)62/h2-37H,1H3. The maximum absolute atomic E-state index is 2.50. The summed E-state index contributed by atoms with van der Waals surface area (Å²) in [5, 5.41) is 10.2. The summed E-state index contributed by atoms with van der Waals surface area (Å²) >= 11 is 0. The monoisotopic (exact) mass is 797 g/mol. The molecule has 0 bridgehead atoms. The second kappa shape index (κ2) is 12.8. The van der Waals surface area contributed by atoms with Crippen molar-refractivity contribution in [2.75, 3.05) is 0 Å². The van der Waals surface area contributed by atoms with Crippen LogP contribution in [-0.4, -0.2) is 4.57 Å². The van der Waals surface area contributed by atoms with Crippen molar-refractivity contribution in [1.82, 2.24) is 4.57 Å². The predicted octanol–water partition coefficient (Wildman–Crippen LogP) is 16.2. The topological polar surface area (TPSA) is 4.93 Å². The summed E-state index contributed by atoms with van der Waals surface area (Å²) in [5.74, 6) is 0. The molecular formula is C62H39N. The van der Waals surface area contributed by atoms with Crippen molar-refractivity contribution in [3.8, 4) is 50.2 Å². The summed E-state index contributed by atoms with van der Waals surface area (Å²) in [6.45, 7) is 2.19. The fourth-order valence-corrected chi connectivity index (χ4v) is 12.0. The minimum absolute atomic E-state index is 0.416. The Morgan fingerprint density at radius 3 is 1.52 bits per heavy atom. The molecule has 0 aliphatic heterocycles. The number of nitrogens with zero attached hydrogens (tertiary/aromatic N) is 1. The molecule has 1 spiro atoms. The number of fused-ring (bicyclic) bond motifs is 19. The van der Waals surface area contributed by atoms with E-state index in [9.17, 15) is 0 Å². The second-order valence-corrected chi connectivity index (χ2v) is 17.6. The molecular weight excluding hydrogens is 759 g/mol. The lowest BCUT2D eigenvalue weighted by atomic mass is 9.70. The van der Waals surface area contributed by atoms with E-state index in [2.05, 4.69) is 230 Å². The number of para-hydroxylation sites is 1. The van der Waals surface area contributed by atoms with Crippen molar-refractivity contribution < 1.29 is 0 Å². The smallest absolute Gasteiger partial charge is 0.0725 e. The summed E-state index contributed by atoms with van der Waals surface area (Å²) in [5.41, 5.74) is 20.0. The molecule has 1 aromatic heterocycles. The van der Waals surface area contributed by atoms with Crippen LogP contribution in [0.1, 0.15) is 27.8 Å². The fourth-order valence-electron chi connectivity index (χ4n) is 12.0. The third-order valence-electron chi connectivity index (χ3n) is 14.4. The lowest BCUT2D eigenvalue weighted by Gasteiger charge is -2.30. The van der Waals surface area contributed by atoms with Gasteiger partial charge in [-0.25, -0.2) is 0 Å². The fraction of sp³-hybridized carbons (Fsp3) is 0.0323. The molecule has 0 amide bonds. The average Bonchev–Trinajstić information content (AvgIpc) is 3.96. The number of hydrogen-bond donors (Lipinski definition) is 0. The summed E-state index contributed by atoms with van der Waals surface area (Å²) in [4.78, 5) is 0. The first-order valence-corrected chi connectivity index (χ1v) is 22.1. The van der Waals surface area contributed by atoms with Crippen molar-refractivity contribution >= 4 is 54.1 Å². The lowest BCUT2D eigenvalue weighted by molar-refractivity contribution is 0.794. The van der Waals surface area contributed by atoms with Crippen LogP contribution < -0.4 is 0 Å². The second-order valence-electron chi connectivity index (χ2n) is 17.6. The molecule has 1 nitrogen and oxygen atoms in total. The molecule has 1 heterocycles. The lowest BCUT2D eigenvalue weighted by Crippen LogP contribution is -2.25. The minimum Gasteiger partial charge on any atom is -0.309 e. The van der Waals surface area contributed by atoms with E-state index in [1.165, 1.54) is 132 Å². The van der Waals surface area contributed by atoms with E-state index in [0.29, 0.717) is 0 Å². The third kappa shape index (κ3) is 4.56. The molecule has 0 radical (unpaired) electrons. The Morgan fingerprint density at radius 1 is 0.317 bits per heavy atom. The highest BCUT2D eigenvalue weighted by Gasteiger charge is 2.52. The van der Waals surface area contributed by atoms with E-state index >= 15 is 0 Å². The van der Waals surface area contributed by atoms with Crippen LogP contribution in [0.25, 0.3) is 104 Å². The van der Waals surface area contributed by atoms with Gasteiger partial charge in [0.1, 0.15) is 0 Å². The summed E-state index contributed by atoms with van der Waals surface area (Å²) in [7, 11) is 0. The zero-order valence-corrected chi connectivity index (χ0v) is 34.7. The van der Waals surface area contributed by atoms with Crippen molar-refractivity contribution in [3.63, 3.8) is 0 Å². The van der Waals surface area contributed by atoms with Gasteiger partial charge in [0, 0.05) is 16.5 Å². The molecule has 63 heavy (non-hydrogen) atoms. The first kappa shape index (κ1) is 34.7. The highest BCUT2D eigenvalue weighted by atomic mass is 15.0. The van der Waals surface area contributed by atoms with Gasteiger partial charge in [-0.3, -0.25) is 0 Å². The van der Waals surface area contributed by atoms with Crippen molar-refractivity contribution in [2.45, 2.75) is 12.3 Å². The number of hydrogen-bond acceptors (Lipinski definition) is 0. The number of aryl methyl sites for hydroxylation is 1. The van der Waals surface area contributed by atoms with Crippen LogP contribution >= 0.6 is 0 Å². The zero-order valence-electron chi connectivity index (χ0n) is 34.7. The SMILES string of the molecule is Cc1cccc(-n2c3ccccc3c3c(-c4ccc5c6ccccc6c6ccccc6c5c4)cc(-c4cccc5c4-c4ccccc4C54c5ccccc5-c5ccccc54)cc32)c1. The molecule has 0 N–H and O–H groups in total. The molecule has 12 aromatic rings. The van der Waals surface area contributed by atoms with Gasteiger partial charge in [0.25, 0.3) is 0 Å². The van der Waals surface area contributed by atoms with Crippen LogP contribution in [0.2, 0.25) is 0 Å². The summed E-state index contributed by atoms with van der Waals surface area (Å²) < 4.78 is 2.50. The normalized spacial score (nSPS) is 13.3. The maximum atomic E-state index is 2.50. The van der Waals surface area contributed by atoms with E-state index in [-0.39, 0.29) is 0 Å². The molecule has 1 heteroatoms. The molecule has 0 saturated carbocycles. The predicted molar refractivity (Wildman–Crippen MR) is 265 cm³/mol. The Bertz CT molecular complexity index is 3850. The Labute approximate surface area is 365 Å². The number of benzene rings is 11. The van der Waals surface area contributed by atoms with Crippen LogP contribution in [0.5, 0.6) is 0 Å². The van der Waals surface area contributed by atoms with Gasteiger partial charge < -0.3 is 4.57 Å². The van der Waals surface area contributed by atoms with E-state index in [0.717, 1.165) is 0 Å². The highest BCUT2D eigenvalue weighted by molar-refractivity contribution is 6.26. The van der Waals surface area contributed by atoms with Crippen molar-refractivity contribution in [3.05, 3.63) is 246 Å². The quantitative estimate of drug-likeness (QED) is 0.157. The van der Waals surface area contributed by atoms with Gasteiger partial charge in [-0.2, -0.15) is 0 Å². The van der Waals surface area contributed by atoms with Crippen LogP contribution in [0, 0.1) is 6.92 Å². The molecule has 0 saturated heterocycles. The molecule has 0 atom stereocenters. The van der Waals surface area contributed by atoms with Crippen LogP contribution in [0.4, 0.5) is 0 Å². The summed E-state index contributed by atoms with van der Waals surface area (Å²) in [6.07, 6.45) is 0. The molecule has 11 aromatic carbocycles. The van der Waals surface area contributed by atoms with Gasteiger partial charge >= 0.3 is 0 Å². The Hall–Kier alpha value is -8.00. The Balaban J connectivity index is 1.12. The molecule has 2 aliphatic rings. The van der Waals surface area contributed by atoms with E-state index < -0.39 is 5.41 Å². The number of aromatic nitrogens is 1. The first-order valence-electron chi connectivity index (χ1n) is 22.1. The molecule has 292 valence electrons. The zero-order chi connectivity index (χ0) is 41.4. The first-order chi connectivity index (χ1) is 31.2. The Kier molecular flexibility index (Phi) is 7.03. The summed E-state index contributed by atoms with van der Waals surface area (Å²) in [6, 6.07) is 82.3. The van der Waals surface area contributed by atoms with Gasteiger partial charge in [0.05, 0.1) is 16.4 Å². The van der Waals surface area contributed by atoms with Crippen LogP contribution in [-0.2, 0) is 5.41 Å². The highest BCUT2D eigenvalue weighted by Crippen LogP contribution is 2.64. The van der Waals surface area contributed by atoms with E-state index in [4.69, 9.17) is 0 Å². The van der Waals surface area contributed by atoms with Crippen LogP contribution in [0.15, 0.2) is 218 Å². The molecule has 0 fully saturated rings. The Morgan fingerprint density at radius 2 is 0.841 bits per heavy atom. The maximum Gasteiger partial charge on any atom is 0.0725 e. The average molecular weight is 798 g/mol. The van der Waals surface area contributed by atoms with Gasteiger partial charge in [0.2, 0.25) is 0 Å². The van der Waals surface area contributed by atoms with Gasteiger partial charge in [0.15, 0.2) is 0 Å². The number of rotatable bonds is 3. The largest absolute Gasteiger partial charge is 0.309 e. The van der Waals surface area contributed by atoms with E-state index in [1.54, 1.807) is 0 Å². The van der Waals surface area contributed by atoms with Crippen molar-refractivity contribution in [2.24, 2.45) is 0 Å². The van der Waals surface area contributed by atoms with Crippen LogP contribution in [0.3, 0.4) is 0 Å². The molecule has 14 rings (SSSR count). The van der Waals surface area contributed by atoms with Crippen molar-refractivity contribution in [1.29, 1.82) is 0 Å². The third-order valence-corrected chi connectivity index (χ3v) is 14.4. The van der Waals surface area contributed by atoms with Gasteiger partial charge in [-0.05, 0) is 148 Å². The minimum atomic E-state index is -0.416.